The minimum atomic E-state index is -0.669. The quantitative estimate of drug-likeness (QED) is 0.385. The highest BCUT2D eigenvalue weighted by Gasteiger charge is 2.24. The van der Waals surface area contributed by atoms with Crippen LogP contribution in [0.1, 0.15) is 55.3 Å². The molecular formula is C27H27ClN2O2. The highest BCUT2D eigenvalue weighted by atomic mass is 35.5. The predicted molar refractivity (Wildman–Crippen MR) is 130 cm³/mol. The Bertz CT molecular complexity index is 1100. The standard InChI is InChI=1S/C27H27ClN2O2/c28-23-13-14-24-25(16-23)30-27(29-24)22-11-9-21(10-12-22)20-7-5-19(6-8-20)18-3-1-17(2-4-18)15-26(31)32/h5-14,16-18,27,29-30H,1-4,15H2,(H,31,32)/t17-,18-,27?. The molecule has 3 N–H and O–H groups in total. The van der Waals surface area contributed by atoms with Crippen LogP contribution in [0, 0.1) is 5.92 Å². The summed E-state index contributed by atoms with van der Waals surface area (Å²) in [4.78, 5) is 10.9. The Balaban J connectivity index is 1.22. The molecule has 0 saturated heterocycles. The van der Waals surface area contributed by atoms with Gasteiger partial charge < -0.3 is 15.7 Å². The number of carboxylic acids is 1. The van der Waals surface area contributed by atoms with Crippen molar-refractivity contribution in [1.29, 1.82) is 0 Å². The summed E-state index contributed by atoms with van der Waals surface area (Å²) >= 11 is 6.10. The van der Waals surface area contributed by atoms with Crippen LogP contribution >= 0.6 is 11.6 Å². The lowest BCUT2D eigenvalue weighted by molar-refractivity contribution is -0.138. The lowest BCUT2D eigenvalue weighted by atomic mass is 9.77. The Morgan fingerprint density at radius 2 is 1.41 bits per heavy atom. The van der Waals surface area contributed by atoms with Crippen molar-refractivity contribution in [2.75, 3.05) is 10.6 Å². The third-order valence-corrected chi connectivity index (χ3v) is 7.09. The van der Waals surface area contributed by atoms with E-state index in [-0.39, 0.29) is 6.17 Å². The monoisotopic (exact) mass is 446 g/mol. The lowest BCUT2D eigenvalue weighted by Crippen LogP contribution is -2.16. The first-order valence-corrected chi connectivity index (χ1v) is 11.7. The Labute approximate surface area is 193 Å². The van der Waals surface area contributed by atoms with E-state index in [4.69, 9.17) is 16.7 Å². The maximum Gasteiger partial charge on any atom is 0.303 e. The summed E-state index contributed by atoms with van der Waals surface area (Å²) in [5.74, 6) is 0.221. The molecule has 4 nitrogen and oxygen atoms in total. The van der Waals surface area contributed by atoms with Crippen molar-refractivity contribution in [3.8, 4) is 11.1 Å². The summed E-state index contributed by atoms with van der Waals surface area (Å²) < 4.78 is 0. The number of halogens is 1. The SMILES string of the molecule is O=C(O)C[C@H]1CC[C@H](c2ccc(-c3ccc(C4Nc5ccc(Cl)cc5N4)cc3)cc2)CC1. The molecule has 5 rings (SSSR count). The smallest absolute Gasteiger partial charge is 0.303 e. The molecule has 0 bridgehead atoms. The summed E-state index contributed by atoms with van der Waals surface area (Å²) in [7, 11) is 0. The molecule has 1 unspecified atom stereocenters. The fourth-order valence-corrected chi connectivity index (χ4v) is 5.21. The molecule has 0 radical (unpaired) electrons. The molecule has 1 aliphatic carbocycles. The van der Waals surface area contributed by atoms with Gasteiger partial charge in [-0.1, -0.05) is 60.1 Å². The van der Waals surface area contributed by atoms with Crippen molar-refractivity contribution in [2.45, 2.75) is 44.2 Å². The van der Waals surface area contributed by atoms with Crippen molar-refractivity contribution < 1.29 is 9.90 Å². The first kappa shape index (κ1) is 20.9. The van der Waals surface area contributed by atoms with E-state index in [0.29, 0.717) is 18.3 Å². The molecule has 0 spiro atoms. The minimum absolute atomic E-state index is 0.0381. The molecule has 1 saturated carbocycles. The highest BCUT2D eigenvalue weighted by Crippen LogP contribution is 2.39. The fraction of sp³-hybridized carbons (Fsp3) is 0.296. The van der Waals surface area contributed by atoms with Crippen LogP contribution in [-0.4, -0.2) is 11.1 Å². The summed E-state index contributed by atoms with van der Waals surface area (Å²) in [5, 5.41) is 16.7. The number of carbonyl (C=O) groups is 1. The molecular weight excluding hydrogens is 420 g/mol. The van der Waals surface area contributed by atoms with Gasteiger partial charge in [0, 0.05) is 11.4 Å². The van der Waals surface area contributed by atoms with E-state index in [2.05, 4.69) is 59.2 Å². The van der Waals surface area contributed by atoms with E-state index >= 15 is 0 Å². The molecule has 32 heavy (non-hydrogen) atoms. The number of benzene rings is 3. The van der Waals surface area contributed by atoms with Crippen LogP contribution in [-0.2, 0) is 4.79 Å². The van der Waals surface area contributed by atoms with Crippen LogP contribution in [0.4, 0.5) is 11.4 Å². The Hall–Kier alpha value is -2.98. The summed E-state index contributed by atoms with van der Waals surface area (Å²) in [5.41, 5.74) is 7.05. The number of hydrogen-bond donors (Lipinski definition) is 3. The van der Waals surface area contributed by atoms with Crippen LogP contribution in [0.5, 0.6) is 0 Å². The number of hydrogen-bond acceptors (Lipinski definition) is 3. The van der Waals surface area contributed by atoms with Gasteiger partial charge in [0.2, 0.25) is 0 Å². The van der Waals surface area contributed by atoms with Gasteiger partial charge in [0.05, 0.1) is 11.4 Å². The van der Waals surface area contributed by atoms with E-state index in [1.807, 2.05) is 18.2 Å². The second-order valence-corrected chi connectivity index (χ2v) is 9.41. The maximum absolute atomic E-state index is 10.9. The minimum Gasteiger partial charge on any atom is -0.481 e. The highest BCUT2D eigenvalue weighted by molar-refractivity contribution is 6.31. The van der Waals surface area contributed by atoms with E-state index in [9.17, 15) is 4.79 Å². The fourth-order valence-electron chi connectivity index (χ4n) is 5.04. The van der Waals surface area contributed by atoms with Crippen molar-refractivity contribution in [3.63, 3.8) is 0 Å². The summed E-state index contributed by atoms with van der Waals surface area (Å²) in [6.45, 7) is 0. The second-order valence-electron chi connectivity index (χ2n) is 8.97. The average Bonchev–Trinajstić information content (AvgIpc) is 3.23. The lowest BCUT2D eigenvalue weighted by Gasteiger charge is -2.28. The molecule has 3 aromatic carbocycles. The predicted octanol–water partition coefficient (Wildman–Crippen LogP) is 7.29. The van der Waals surface area contributed by atoms with E-state index < -0.39 is 5.97 Å². The Morgan fingerprint density at radius 1 is 0.812 bits per heavy atom. The van der Waals surface area contributed by atoms with Crippen LogP contribution in [0.25, 0.3) is 11.1 Å². The molecule has 1 heterocycles. The first-order valence-electron chi connectivity index (χ1n) is 11.3. The maximum atomic E-state index is 10.9. The number of fused-ring (bicyclic) bond motifs is 1. The summed E-state index contributed by atoms with van der Waals surface area (Å²) in [6, 6.07) is 23.4. The van der Waals surface area contributed by atoms with Gasteiger partial charge >= 0.3 is 5.97 Å². The van der Waals surface area contributed by atoms with Gasteiger partial charge in [0.1, 0.15) is 6.17 Å². The van der Waals surface area contributed by atoms with Crippen molar-refractivity contribution in [3.05, 3.63) is 82.9 Å². The molecule has 1 fully saturated rings. The Kier molecular flexibility index (Phi) is 5.79. The second kappa shape index (κ2) is 8.87. The van der Waals surface area contributed by atoms with Gasteiger partial charge in [-0.3, -0.25) is 4.79 Å². The third kappa shape index (κ3) is 4.46. The van der Waals surface area contributed by atoms with Crippen molar-refractivity contribution in [1.82, 2.24) is 0 Å². The topological polar surface area (TPSA) is 61.4 Å². The first-order chi connectivity index (χ1) is 15.5. The zero-order valence-electron chi connectivity index (χ0n) is 17.9. The van der Waals surface area contributed by atoms with Gasteiger partial charge in [0.15, 0.2) is 0 Å². The molecule has 1 aliphatic heterocycles. The number of rotatable bonds is 5. The number of nitrogens with one attached hydrogen (secondary N) is 2. The van der Waals surface area contributed by atoms with Gasteiger partial charge in [-0.15, -0.1) is 0 Å². The molecule has 5 heteroatoms. The van der Waals surface area contributed by atoms with E-state index in [1.54, 1.807) is 0 Å². The van der Waals surface area contributed by atoms with Crippen LogP contribution in [0.3, 0.4) is 0 Å². The van der Waals surface area contributed by atoms with Crippen LogP contribution in [0.15, 0.2) is 66.7 Å². The molecule has 0 amide bonds. The average molecular weight is 447 g/mol. The molecule has 164 valence electrons. The zero-order chi connectivity index (χ0) is 22.1. The van der Waals surface area contributed by atoms with Gasteiger partial charge in [-0.25, -0.2) is 0 Å². The van der Waals surface area contributed by atoms with E-state index in [0.717, 1.165) is 42.1 Å². The molecule has 1 atom stereocenters. The van der Waals surface area contributed by atoms with Gasteiger partial charge in [-0.2, -0.15) is 0 Å². The van der Waals surface area contributed by atoms with Gasteiger partial charge in [-0.05, 0) is 78.0 Å². The summed E-state index contributed by atoms with van der Waals surface area (Å²) in [6.07, 6.45) is 4.55. The number of anilines is 2. The third-order valence-electron chi connectivity index (χ3n) is 6.85. The largest absolute Gasteiger partial charge is 0.481 e. The number of aliphatic carboxylic acids is 1. The van der Waals surface area contributed by atoms with Crippen molar-refractivity contribution in [2.24, 2.45) is 5.92 Å². The van der Waals surface area contributed by atoms with Crippen LogP contribution in [0.2, 0.25) is 5.02 Å². The van der Waals surface area contributed by atoms with E-state index in [1.165, 1.54) is 22.3 Å². The normalized spacial score (nSPS) is 22.0. The van der Waals surface area contributed by atoms with Crippen molar-refractivity contribution >= 4 is 28.9 Å². The number of carboxylic acid groups (broad SMARTS) is 1. The van der Waals surface area contributed by atoms with Crippen LogP contribution < -0.4 is 10.6 Å². The molecule has 3 aromatic rings. The van der Waals surface area contributed by atoms with Gasteiger partial charge in [0.25, 0.3) is 0 Å². The molecule has 0 aromatic heterocycles. The Morgan fingerprint density at radius 3 is 2.03 bits per heavy atom. The zero-order valence-corrected chi connectivity index (χ0v) is 18.6. The molecule has 2 aliphatic rings.